The molecule has 1 fully saturated rings. The lowest BCUT2D eigenvalue weighted by Crippen LogP contribution is -2.35. The minimum absolute atomic E-state index is 0.400. The van der Waals surface area contributed by atoms with Gasteiger partial charge in [0.15, 0.2) is 0 Å². The first-order valence-corrected chi connectivity index (χ1v) is 6.56. The second-order valence-electron chi connectivity index (χ2n) is 5.04. The van der Waals surface area contributed by atoms with Crippen LogP contribution in [0.3, 0.4) is 0 Å². The van der Waals surface area contributed by atoms with Crippen molar-refractivity contribution in [2.45, 2.75) is 45.1 Å². The summed E-state index contributed by atoms with van der Waals surface area (Å²) >= 11 is 0. The van der Waals surface area contributed by atoms with Crippen LogP contribution in [0.5, 0.6) is 0 Å². The Bertz CT molecular complexity index is 375. The van der Waals surface area contributed by atoms with E-state index in [2.05, 4.69) is 31.2 Å². The Morgan fingerprint density at radius 2 is 2.24 bits per heavy atom. The molecule has 0 bridgehead atoms. The van der Waals surface area contributed by atoms with Crippen molar-refractivity contribution in [1.82, 2.24) is 4.90 Å². The maximum absolute atomic E-state index is 11.1. The van der Waals surface area contributed by atoms with Crippen molar-refractivity contribution in [3.63, 3.8) is 0 Å². The molecule has 1 aliphatic heterocycles. The normalized spacial score (nSPS) is 21.0. The maximum atomic E-state index is 11.1. The first-order valence-electron chi connectivity index (χ1n) is 6.56. The third-order valence-electron chi connectivity index (χ3n) is 3.61. The number of hydrogen-bond acceptors (Lipinski definition) is 1. The van der Waals surface area contributed by atoms with Crippen LogP contribution in [0.15, 0.2) is 24.3 Å². The van der Waals surface area contributed by atoms with Crippen LogP contribution in [-0.4, -0.2) is 23.9 Å². The summed E-state index contributed by atoms with van der Waals surface area (Å²) in [4.78, 5) is 13.1. The molecule has 2 nitrogen and oxygen atoms in total. The van der Waals surface area contributed by atoms with Gasteiger partial charge in [-0.05, 0) is 31.7 Å². The van der Waals surface area contributed by atoms with Gasteiger partial charge in [0.1, 0.15) is 0 Å². The Balaban J connectivity index is 2.06. The average Bonchev–Trinajstić information content (AvgIpc) is 2.54. The lowest BCUT2D eigenvalue weighted by Gasteiger charge is -2.26. The third kappa shape index (κ3) is 3.32. The number of likely N-dealkylation sites (tertiary alicyclic amines) is 1. The molecule has 1 heterocycles. The highest BCUT2D eigenvalue weighted by Gasteiger charge is 2.19. The third-order valence-corrected chi connectivity index (χ3v) is 3.61. The molecule has 0 spiro atoms. The van der Waals surface area contributed by atoms with Crippen molar-refractivity contribution in [3.8, 4) is 0 Å². The summed E-state index contributed by atoms with van der Waals surface area (Å²) in [5, 5.41) is 0. The number of benzene rings is 1. The van der Waals surface area contributed by atoms with E-state index in [1.807, 2.05) is 4.90 Å². The molecule has 1 aromatic rings. The molecule has 1 aliphatic rings. The standard InChI is InChI=1S/C15H21NO/c1-13-6-5-7-14(10-13)11-15-8-3-2-4-9-16(15)12-17/h5-7,10,12,15H,2-4,8-9,11H2,1H3. The highest BCUT2D eigenvalue weighted by atomic mass is 16.1. The molecule has 1 unspecified atom stereocenters. The van der Waals surface area contributed by atoms with Gasteiger partial charge in [-0.1, -0.05) is 42.7 Å². The fourth-order valence-electron chi connectivity index (χ4n) is 2.67. The summed E-state index contributed by atoms with van der Waals surface area (Å²) in [6.45, 7) is 3.05. The van der Waals surface area contributed by atoms with Gasteiger partial charge in [-0.3, -0.25) is 4.79 Å². The summed E-state index contributed by atoms with van der Waals surface area (Å²) in [5.74, 6) is 0. The van der Waals surface area contributed by atoms with Gasteiger partial charge in [-0.15, -0.1) is 0 Å². The number of rotatable bonds is 3. The topological polar surface area (TPSA) is 20.3 Å². The van der Waals surface area contributed by atoms with Gasteiger partial charge in [0, 0.05) is 12.6 Å². The van der Waals surface area contributed by atoms with Crippen LogP contribution in [0.4, 0.5) is 0 Å². The molecule has 0 saturated carbocycles. The maximum Gasteiger partial charge on any atom is 0.209 e. The Morgan fingerprint density at radius 1 is 1.35 bits per heavy atom. The zero-order valence-corrected chi connectivity index (χ0v) is 10.6. The van der Waals surface area contributed by atoms with Crippen LogP contribution < -0.4 is 0 Å². The molecular weight excluding hydrogens is 210 g/mol. The molecule has 0 aliphatic carbocycles. The number of hydrogen-bond donors (Lipinski definition) is 0. The Kier molecular flexibility index (Phi) is 4.18. The van der Waals surface area contributed by atoms with E-state index in [4.69, 9.17) is 0 Å². The zero-order valence-electron chi connectivity index (χ0n) is 10.6. The summed E-state index contributed by atoms with van der Waals surface area (Å²) in [5.41, 5.74) is 2.65. The van der Waals surface area contributed by atoms with Gasteiger partial charge in [0.05, 0.1) is 0 Å². The first-order chi connectivity index (χ1) is 8.29. The lowest BCUT2D eigenvalue weighted by atomic mass is 10.00. The van der Waals surface area contributed by atoms with Crippen LogP contribution in [0.2, 0.25) is 0 Å². The fourth-order valence-corrected chi connectivity index (χ4v) is 2.67. The van der Waals surface area contributed by atoms with E-state index in [1.54, 1.807) is 0 Å². The van der Waals surface area contributed by atoms with E-state index in [9.17, 15) is 4.79 Å². The molecule has 1 atom stereocenters. The fraction of sp³-hybridized carbons (Fsp3) is 0.533. The van der Waals surface area contributed by atoms with E-state index in [0.29, 0.717) is 6.04 Å². The van der Waals surface area contributed by atoms with Gasteiger partial charge in [-0.25, -0.2) is 0 Å². The summed E-state index contributed by atoms with van der Waals surface area (Å²) in [6.07, 6.45) is 6.84. The van der Waals surface area contributed by atoms with Crippen molar-refractivity contribution >= 4 is 6.41 Å². The van der Waals surface area contributed by atoms with E-state index in [0.717, 1.165) is 32.2 Å². The van der Waals surface area contributed by atoms with Crippen LogP contribution in [0.25, 0.3) is 0 Å². The summed E-state index contributed by atoms with van der Waals surface area (Å²) < 4.78 is 0. The lowest BCUT2D eigenvalue weighted by molar-refractivity contribution is -0.120. The predicted octanol–water partition coefficient (Wildman–Crippen LogP) is 2.94. The van der Waals surface area contributed by atoms with Gasteiger partial charge in [0.2, 0.25) is 6.41 Å². The molecule has 0 radical (unpaired) electrons. The average molecular weight is 231 g/mol. The largest absolute Gasteiger partial charge is 0.342 e. The van der Waals surface area contributed by atoms with Crippen molar-refractivity contribution < 1.29 is 4.79 Å². The summed E-state index contributed by atoms with van der Waals surface area (Å²) in [7, 11) is 0. The molecule has 1 amide bonds. The minimum Gasteiger partial charge on any atom is -0.342 e. The van der Waals surface area contributed by atoms with Crippen molar-refractivity contribution in [2.24, 2.45) is 0 Å². The highest BCUT2D eigenvalue weighted by molar-refractivity contribution is 5.48. The quantitative estimate of drug-likeness (QED) is 0.732. The van der Waals surface area contributed by atoms with E-state index < -0.39 is 0 Å². The molecule has 1 aromatic carbocycles. The molecule has 2 heteroatoms. The van der Waals surface area contributed by atoms with Crippen LogP contribution in [-0.2, 0) is 11.2 Å². The smallest absolute Gasteiger partial charge is 0.209 e. The van der Waals surface area contributed by atoms with Gasteiger partial charge >= 0.3 is 0 Å². The molecule has 0 aromatic heterocycles. The summed E-state index contributed by atoms with van der Waals surface area (Å²) in [6, 6.07) is 9.02. The number of carbonyl (C=O) groups is 1. The SMILES string of the molecule is Cc1cccc(CC2CCCCCN2C=O)c1. The highest BCUT2D eigenvalue weighted by Crippen LogP contribution is 2.19. The van der Waals surface area contributed by atoms with Crippen LogP contribution in [0, 0.1) is 6.92 Å². The van der Waals surface area contributed by atoms with Crippen molar-refractivity contribution in [2.75, 3.05) is 6.54 Å². The molecule has 17 heavy (non-hydrogen) atoms. The molecule has 1 saturated heterocycles. The zero-order chi connectivity index (χ0) is 12.1. The number of carbonyl (C=O) groups excluding carboxylic acids is 1. The predicted molar refractivity (Wildman–Crippen MR) is 69.9 cm³/mol. The van der Waals surface area contributed by atoms with E-state index in [-0.39, 0.29) is 0 Å². The van der Waals surface area contributed by atoms with Gasteiger partial charge < -0.3 is 4.90 Å². The number of nitrogens with zero attached hydrogens (tertiary/aromatic N) is 1. The van der Waals surface area contributed by atoms with Crippen molar-refractivity contribution in [1.29, 1.82) is 0 Å². The molecular formula is C15H21NO. The Labute approximate surface area is 104 Å². The van der Waals surface area contributed by atoms with E-state index in [1.165, 1.54) is 24.0 Å². The minimum atomic E-state index is 0.400. The second-order valence-corrected chi connectivity index (χ2v) is 5.04. The monoisotopic (exact) mass is 231 g/mol. The number of aryl methyl sites for hydroxylation is 1. The molecule has 0 N–H and O–H groups in total. The molecule has 2 rings (SSSR count). The molecule has 92 valence electrons. The van der Waals surface area contributed by atoms with Crippen molar-refractivity contribution in [3.05, 3.63) is 35.4 Å². The van der Waals surface area contributed by atoms with E-state index >= 15 is 0 Å². The van der Waals surface area contributed by atoms with Crippen LogP contribution >= 0.6 is 0 Å². The van der Waals surface area contributed by atoms with Gasteiger partial charge in [-0.2, -0.15) is 0 Å². The van der Waals surface area contributed by atoms with Gasteiger partial charge in [0.25, 0.3) is 0 Å². The Hall–Kier alpha value is -1.31. The first kappa shape index (κ1) is 12.2. The Morgan fingerprint density at radius 3 is 3.00 bits per heavy atom. The number of amides is 1. The second kappa shape index (κ2) is 5.85. The van der Waals surface area contributed by atoms with Crippen LogP contribution in [0.1, 0.15) is 36.8 Å².